The molecule has 0 atom stereocenters. The van der Waals surface area contributed by atoms with Crippen LogP contribution in [0.25, 0.3) is 0 Å². The Hall–Kier alpha value is -1.54. The van der Waals surface area contributed by atoms with Gasteiger partial charge in [-0.2, -0.15) is 0 Å². The lowest BCUT2D eigenvalue weighted by Gasteiger charge is -2.05. The minimum absolute atomic E-state index is 0.164. The van der Waals surface area contributed by atoms with E-state index in [0.29, 0.717) is 12.5 Å². The molecular formula is C9H11FN2O4S. The molecule has 0 saturated heterocycles. The van der Waals surface area contributed by atoms with Gasteiger partial charge in [-0.25, -0.2) is 17.5 Å². The van der Waals surface area contributed by atoms with Gasteiger partial charge < -0.3 is 0 Å². The summed E-state index contributed by atoms with van der Waals surface area (Å²) in [6.07, 6.45) is 0.550. The molecule has 0 amide bonds. The van der Waals surface area contributed by atoms with Gasteiger partial charge in [-0.1, -0.05) is 6.92 Å². The first-order valence-corrected chi connectivity index (χ1v) is 6.30. The van der Waals surface area contributed by atoms with E-state index in [9.17, 15) is 22.9 Å². The summed E-state index contributed by atoms with van der Waals surface area (Å²) in [6.45, 7) is 1.92. The lowest BCUT2D eigenvalue weighted by Crippen LogP contribution is -2.25. The van der Waals surface area contributed by atoms with Crippen molar-refractivity contribution in [3.8, 4) is 0 Å². The van der Waals surface area contributed by atoms with E-state index in [1.165, 1.54) is 0 Å². The smallest absolute Gasteiger partial charge is 0.258 e. The molecule has 0 aliphatic carbocycles. The van der Waals surface area contributed by atoms with Gasteiger partial charge in [-0.05, 0) is 18.6 Å². The predicted molar refractivity (Wildman–Crippen MR) is 58.5 cm³/mol. The van der Waals surface area contributed by atoms with Crippen molar-refractivity contribution in [2.45, 2.75) is 18.2 Å². The third kappa shape index (κ3) is 3.21. The second-order valence-corrected chi connectivity index (χ2v) is 5.00. The zero-order chi connectivity index (χ0) is 13.1. The van der Waals surface area contributed by atoms with Gasteiger partial charge in [0.2, 0.25) is 10.0 Å². The minimum Gasteiger partial charge on any atom is -0.258 e. The molecule has 0 aliphatic rings. The maximum absolute atomic E-state index is 12.8. The van der Waals surface area contributed by atoms with Crippen LogP contribution in [-0.4, -0.2) is 19.9 Å². The number of sulfonamides is 1. The largest absolute Gasteiger partial charge is 0.292 e. The molecule has 1 N–H and O–H groups in total. The van der Waals surface area contributed by atoms with Gasteiger partial charge in [0.1, 0.15) is 5.82 Å². The van der Waals surface area contributed by atoms with Gasteiger partial charge >= 0.3 is 0 Å². The normalized spacial score (nSPS) is 11.4. The third-order valence-corrected chi connectivity index (χ3v) is 3.46. The number of nitro groups is 1. The van der Waals surface area contributed by atoms with Crippen LogP contribution < -0.4 is 4.72 Å². The highest BCUT2D eigenvalue weighted by Gasteiger charge is 2.25. The molecule has 6 nitrogen and oxygen atoms in total. The number of hydrogen-bond acceptors (Lipinski definition) is 4. The number of benzene rings is 1. The van der Waals surface area contributed by atoms with Crippen LogP contribution in [0.15, 0.2) is 23.1 Å². The summed E-state index contributed by atoms with van der Waals surface area (Å²) in [7, 11) is -3.97. The van der Waals surface area contributed by atoms with Crippen molar-refractivity contribution in [3.63, 3.8) is 0 Å². The van der Waals surface area contributed by atoms with Gasteiger partial charge in [-0.15, -0.1) is 0 Å². The first-order valence-electron chi connectivity index (χ1n) is 4.82. The molecular weight excluding hydrogens is 251 g/mol. The Bertz CT molecular complexity index is 530. The lowest BCUT2D eigenvalue weighted by molar-refractivity contribution is -0.388. The highest BCUT2D eigenvalue weighted by Crippen LogP contribution is 2.24. The van der Waals surface area contributed by atoms with E-state index in [1.54, 1.807) is 6.92 Å². The quantitative estimate of drug-likeness (QED) is 0.642. The van der Waals surface area contributed by atoms with E-state index < -0.39 is 31.3 Å². The molecule has 17 heavy (non-hydrogen) atoms. The van der Waals surface area contributed by atoms with Crippen molar-refractivity contribution in [2.75, 3.05) is 6.54 Å². The SMILES string of the molecule is CCCNS(=O)(=O)c1ccc(F)cc1[N+](=O)[O-]. The summed E-state index contributed by atoms with van der Waals surface area (Å²) in [6, 6.07) is 2.33. The van der Waals surface area contributed by atoms with Gasteiger partial charge in [0.05, 0.1) is 11.0 Å². The zero-order valence-corrected chi connectivity index (χ0v) is 9.83. The van der Waals surface area contributed by atoms with Crippen molar-refractivity contribution in [3.05, 3.63) is 34.1 Å². The molecule has 0 aromatic heterocycles. The number of halogens is 1. The monoisotopic (exact) mass is 262 g/mol. The number of hydrogen-bond donors (Lipinski definition) is 1. The average molecular weight is 262 g/mol. The number of nitrogens with zero attached hydrogens (tertiary/aromatic N) is 1. The third-order valence-electron chi connectivity index (χ3n) is 1.95. The van der Waals surface area contributed by atoms with Gasteiger partial charge in [0, 0.05) is 6.54 Å². The summed E-state index contributed by atoms with van der Waals surface area (Å²) in [5.74, 6) is -0.855. The van der Waals surface area contributed by atoms with Crippen molar-refractivity contribution in [1.82, 2.24) is 4.72 Å². The Morgan fingerprint density at radius 1 is 1.47 bits per heavy atom. The second kappa shape index (κ2) is 5.19. The molecule has 0 aliphatic heterocycles. The van der Waals surface area contributed by atoms with Crippen molar-refractivity contribution in [1.29, 1.82) is 0 Å². The first-order chi connectivity index (χ1) is 7.88. The summed E-state index contributed by atoms with van der Waals surface area (Å²) in [5, 5.41) is 10.6. The fourth-order valence-electron chi connectivity index (χ4n) is 1.17. The summed E-state index contributed by atoms with van der Waals surface area (Å²) in [5.41, 5.74) is -0.770. The van der Waals surface area contributed by atoms with E-state index in [-0.39, 0.29) is 6.54 Å². The second-order valence-electron chi connectivity index (χ2n) is 3.27. The van der Waals surface area contributed by atoms with E-state index in [1.807, 2.05) is 0 Å². The van der Waals surface area contributed by atoms with Crippen LogP contribution in [0, 0.1) is 15.9 Å². The minimum atomic E-state index is -3.97. The number of nitro benzene ring substituents is 1. The van der Waals surface area contributed by atoms with Crippen LogP contribution >= 0.6 is 0 Å². The highest BCUT2D eigenvalue weighted by molar-refractivity contribution is 7.89. The van der Waals surface area contributed by atoms with E-state index >= 15 is 0 Å². The molecule has 0 unspecified atom stereocenters. The highest BCUT2D eigenvalue weighted by atomic mass is 32.2. The Morgan fingerprint density at radius 2 is 2.12 bits per heavy atom. The molecule has 0 heterocycles. The standard InChI is InChI=1S/C9H11FN2O4S/c1-2-5-11-17(15,16)9-4-3-7(10)6-8(9)12(13)14/h3-4,6,11H,2,5H2,1H3. The molecule has 0 fully saturated rings. The van der Waals surface area contributed by atoms with Crippen LogP contribution in [0.4, 0.5) is 10.1 Å². The molecule has 1 aromatic carbocycles. The summed E-state index contributed by atoms with van der Waals surface area (Å²) < 4.78 is 38.4. The fourth-order valence-corrected chi connectivity index (χ4v) is 2.46. The van der Waals surface area contributed by atoms with Crippen molar-refractivity contribution < 1.29 is 17.7 Å². The number of nitrogens with one attached hydrogen (secondary N) is 1. The Balaban J connectivity index is 3.26. The van der Waals surface area contributed by atoms with Crippen molar-refractivity contribution in [2.24, 2.45) is 0 Å². The summed E-state index contributed by atoms with van der Waals surface area (Å²) >= 11 is 0. The lowest BCUT2D eigenvalue weighted by atomic mass is 10.3. The van der Waals surface area contributed by atoms with E-state index in [2.05, 4.69) is 4.72 Å². The molecule has 1 aromatic rings. The van der Waals surface area contributed by atoms with E-state index in [4.69, 9.17) is 0 Å². The van der Waals surface area contributed by atoms with E-state index in [0.717, 1.165) is 12.1 Å². The molecule has 0 saturated carbocycles. The molecule has 0 bridgehead atoms. The Labute approximate surface area is 97.7 Å². The molecule has 0 radical (unpaired) electrons. The molecule has 8 heteroatoms. The Kier molecular flexibility index (Phi) is 4.13. The van der Waals surface area contributed by atoms with Crippen LogP contribution in [-0.2, 0) is 10.0 Å². The Morgan fingerprint density at radius 3 is 2.65 bits per heavy atom. The maximum Gasteiger partial charge on any atom is 0.292 e. The average Bonchev–Trinajstić information content (AvgIpc) is 2.26. The topological polar surface area (TPSA) is 89.3 Å². The maximum atomic E-state index is 12.8. The van der Waals surface area contributed by atoms with Crippen LogP contribution in [0.1, 0.15) is 13.3 Å². The van der Waals surface area contributed by atoms with Gasteiger partial charge in [-0.3, -0.25) is 10.1 Å². The van der Waals surface area contributed by atoms with Crippen LogP contribution in [0.3, 0.4) is 0 Å². The van der Waals surface area contributed by atoms with Crippen LogP contribution in [0.2, 0.25) is 0 Å². The summed E-state index contributed by atoms with van der Waals surface area (Å²) in [4.78, 5) is 9.18. The first kappa shape index (κ1) is 13.5. The van der Waals surface area contributed by atoms with Gasteiger partial charge in [0.25, 0.3) is 5.69 Å². The number of rotatable bonds is 5. The molecule has 1 rings (SSSR count). The van der Waals surface area contributed by atoms with Crippen molar-refractivity contribution >= 4 is 15.7 Å². The molecule has 0 spiro atoms. The van der Waals surface area contributed by atoms with Crippen LogP contribution in [0.5, 0.6) is 0 Å². The fraction of sp³-hybridized carbons (Fsp3) is 0.333. The predicted octanol–water partition coefficient (Wildman–Crippen LogP) is 1.42. The van der Waals surface area contributed by atoms with Gasteiger partial charge in [0.15, 0.2) is 4.90 Å². The molecule has 94 valence electrons. The zero-order valence-electron chi connectivity index (χ0n) is 9.01.